The first-order chi connectivity index (χ1) is 8.50. The number of nitrogens with two attached hydrogens (primary N) is 1. The highest BCUT2D eigenvalue weighted by Crippen LogP contribution is 2.30. The molecule has 0 aliphatic heterocycles. The number of rotatable bonds is 3. The standard InChI is InChI=1S/C11H8F2N2O2S/c12-5-2-1-3-6(13)8(5)10-15-7(4-18-10)9(14)11(16)17/h1-4,9H,14H2,(H,16,17)/t9-/m1/s1. The highest BCUT2D eigenvalue weighted by atomic mass is 32.1. The lowest BCUT2D eigenvalue weighted by molar-refractivity contribution is -0.138. The molecule has 1 aromatic heterocycles. The second-order valence-electron chi connectivity index (χ2n) is 3.49. The first-order valence-electron chi connectivity index (χ1n) is 4.89. The van der Waals surface area contributed by atoms with Crippen molar-refractivity contribution in [2.45, 2.75) is 6.04 Å². The number of hydrogen-bond acceptors (Lipinski definition) is 4. The van der Waals surface area contributed by atoms with Crippen LogP contribution in [0.15, 0.2) is 23.6 Å². The highest BCUT2D eigenvalue weighted by Gasteiger charge is 2.20. The number of aliphatic carboxylic acids is 1. The summed E-state index contributed by atoms with van der Waals surface area (Å²) in [6.07, 6.45) is 0. The van der Waals surface area contributed by atoms with Gasteiger partial charge in [-0.05, 0) is 12.1 Å². The Morgan fingerprint density at radius 3 is 2.56 bits per heavy atom. The number of carboxylic acids is 1. The van der Waals surface area contributed by atoms with Gasteiger partial charge in [0.1, 0.15) is 22.7 Å². The van der Waals surface area contributed by atoms with E-state index in [9.17, 15) is 13.6 Å². The molecule has 0 aliphatic rings. The van der Waals surface area contributed by atoms with E-state index in [2.05, 4.69) is 4.98 Å². The molecule has 0 unspecified atom stereocenters. The van der Waals surface area contributed by atoms with Crippen LogP contribution in [0.3, 0.4) is 0 Å². The Kier molecular flexibility index (Phi) is 3.35. The van der Waals surface area contributed by atoms with Crippen LogP contribution in [0.25, 0.3) is 10.6 Å². The third kappa shape index (κ3) is 2.22. The van der Waals surface area contributed by atoms with E-state index in [0.29, 0.717) is 0 Å². The normalized spacial score (nSPS) is 12.4. The minimum atomic E-state index is -1.30. The largest absolute Gasteiger partial charge is 0.480 e. The van der Waals surface area contributed by atoms with Gasteiger partial charge in [0, 0.05) is 5.38 Å². The molecular formula is C11H8F2N2O2S. The number of halogens is 2. The van der Waals surface area contributed by atoms with Crippen LogP contribution in [-0.4, -0.2) is 16.1 Å². The number of nitrogens with zero attached hydrogens (tertiary/aromatic N) is 1. The quantitative estimate of drug-likeness (QED) is 0.896. The summed E-state index contributed by atoms with van der Waals surface area (Å²) in [5.41, 5.74) is 5.16. The summed E-state index contributed by atoms with van der Waals surface area (Å²) >= 11 is 0.942. The fourth-order valence-corrected chi connectivity index (χ4v) is 2.28. The van der Waals surface area contributed by atoms with Crippen molar-refractivity contribution < 1.29 is 18.7 Å². The maximum atomic E-state index is 13.5. The topological polar surface area (TPSA) is 76.2 Å². The maximum Gasteiger partial charge on any atom is 0.326 e. The van der Waals surface area contributed by atoms with Crippen LogP contribution in [0.4, 0.5) is 8.78 Å². The fraction of sp³-hybridized carbons (Fsp3) is 0.0909. The van der Waals surface area contributed by atoms with Crippen LogP contribution >= 0.6 is 11.3 Å². The number of benzene rings is 1. The Morgan fingerprint density at radius 1 is 1.39 bits per heavy atom. The first kappa shape index (κ1) is 12.6. The van der Waals surface area contributed by atoms with E-state index in [1.165, 1.54) is 11.4 Å². The average Bonchev–Trinajstić information content (AvgIpc) is 2.77. The molecule has 0 spiro atoms. The summed E-state index contributed by atoms with van der Waals surface area (Å²) in [4.78, 5) is 14.5. The van der Waals surface area contributed by atoms with Gasteiger partial charge < -0.3 is 10.8 Å². The van der Waals surface area contributed by atoms with Gasteiger partial charge in [-0.3, -0.25) is 4.79 Å². The molecule has 18 heavy (non-hydrogen) atoms. The van der Waals surface area contributed by atoms with Gasteiger partial charge in [-0.1, -0.05) is 6.07 Å². The third-order valence-corrected chi connectivity index (χ3v) is 3.16. The number of hydrogen-bond donors (Lipinski definition) is 2. The molecule has 3 N–H and O–H groups in total. The van der Waals surface area contributed by atoms with Crippen molar-refractivity contribution in [2.75, 3.05) is 0 Å². The summed E-state index contributed by atoms with van der Waals surface area (Å²) < 4.78 is 27.0. The van der Waals surface area contributed by atoms with Gasteiger partial charge in [0.05, 0.1) is 11.3 Å². The smallest absolute Gasteiger partial charge is 0.326 e. The SMILES string of the molecule is N[C@@H](C(=O)O)c1csc(-c2c(F)cccc2F)n1. The van der Waals surface area contributed by atoms with Crippen LogP contribution in [-0.2, 0) is 4.79 Å². The lowest BCUT2D eigenvalue weighted by Crippen LogP contribution is -2.20. The number of carboxylic acid groups (broad SMARTS) is 1. The minimum absolute atomic E-state index is 0.0669. The Hall–Kier alpha value is -1.86. The van der Waals surface area contributed by atoms with Crippen molar-refractivity contribution in [1.29, 1.82) is 0 Å². The van der Waals surface area contributed by atoms with Crippen molar-refractivity contribution in [2.24, 2.45) is 5.73 Å². The van der Waals surface area contributed by atoms with Crippen molar-refractivity contribution in [1.82, 2.24) is 4.98 Å². The number of aromatic nitrogens is 1. The zero-order chi connectivity index (χ0) is 13.3. The van der Waals surface area contributed by atoms with Gasteiger partial charge in [0.2, 0.25) is 0 Å². The van der Waals surface area contributed by atoms with Crippen molar-refractivity contribution in [3.63, 3.8) is 0 Å². The van der Waals surface area contributed by atoms with Crippen LogP contribution in [0, 0.1) is 11.6 Å². The molecule has 0 bridgehead atoms. The number of carbonyl (C=O) groups is 1. The van der Waals surface area contributed by atoms with Crippen LogP contribution in [0.2, 0.25) is 0 Å². The second kappa shape index (κ2) is 4.79. The molecule has 0 fully saturated rings. The summed E-state index contributed by atoms with van der Waals surface area (Å²) in [7, 11) is 0. The van der Waals surface area contributed by atoms with Gasteiger partial charge in [-0.15, -0.1) is 11.3 Å². The second-order valence-corrected chi connectivity index (χ2v) is 4.35. The van der Waals surface area contributed by atoms with Crippen molar-refractivity contribution in [3.8, 4) is 10.6 Å². The predicted octanol–water partition coefficient (Wildman–Crippen LogP) is 2.17. The van der Waals surface area contributed by atoms with Crippen molar-refractivity contribution >= 4 is 17.3 Å². The van der Waals surface area contributed by atoms with Crippen LogP contribution in [0.5, 0.6) is 0 Å². The van der Waals surface area contributed by atoms with Gasteiger partial charge >= 0.3 is 5.97 Å². The van der Waals surface area contributed by atoms with E-state index in [-0.39, 0.29) is 16.3 Å². The van der Waals surface area contributed by atoms with E-state index in [4.69, 9.17) is 10.8 Å². The summed E-state index contributed by atoms with van der Waals surface area (Å²) in [5, 5.41) is 10.2. The lowest BCUT2D eigenvalue weighted by Gasteiger charge is -2.02. The van der Waals surface area contributed by atoms with E-state index in [1.54, 1.807) is 0 Å². The maximum absolute atomic E-state index is 13.5. The minimum Gasteiger partial charge on any atom is -0.480 e. The summed E-state index contributed by atoms with van der Waals surface area (Å²) in [5.74, 6) is -2.75. The van der Waals surface area contributed by atoms with Crippen LogP contribution in [0.1, 0.15) is 11.7 Å². The highest BCUT2D eigenvalue weighted by molar-refractivity contribution is 7.13. The molecule has 4 nitrogen and oxygen atoms in total. The number of thiazole rings is 1. The molecule has 2 aromatic rings. The first-order valence-corrected chi connectivity index (χ1v) is 5.77. The summed E-state index contributed by atoms with van der Waals surface area (Å²) in [6.45, 7) is 0. The molecule has 94 valence electrons. The molecule has 1 aromatic carbocycles. The lowest BCUT2D eigenvalue weighted by atomic mass is 10.2. The average molecular weight is 270 g/mol. The molecule has 0 saturated carbocycles. The molecule has 0 amide bonds. The molecular weight excluding hydrogens is 262 g/mol. The zero-order valence-electron chi connectivity index (χ0n) is 8.93. The molecule has 0 saturated heterocycles. The predicted molar refractivity (Wildman–Crippen MR) is 62.0 cm³/mol. The van der Waals surface area contributed by atoms with E-state index in [0.717, 1.165) is 23.5 Å². The molecule has 7 heteroatoms. The third-order valence-electron chi connectivity index (χ3n) is 2.28. The van der Waals surface area contributed by atoms with E-state index in [1.807, 2.05) is 0 Å². The molecule has 0 aliphatic carbocycles. The Balaban J connectivity index is 2.44. The van der Waals surface area contributed by atoms with E-state index < -0.39 is 23.6 Å². The van der Waals surface area contributed by atoms with Gasteiger partial charge in [0.25, 0.3) is 0 Å². The Labute approximate surface area is 105 Å². The van der Waals surface area contributed by atoms with Gasteiger partial charge in [-0.25, -0.2) is 13.8 Å². The fourth-order valence-electron chi connectivity index (χ4n) is 1.37. The van der Waals surface area contributed by atoms with Crippen LogP contribution < -0.4 is 5.73 Å². The van der Waals surface area contributed by atoms with Crippen molar-refractivity contribution in [3.05, 3.63) is 40.9 Å². The summed E-state index contributed by atoms with van der Waals surface area (Å²) in [6, 6.07) is 2.16. The molecule has 1 atom stereocenters. The van der Waals surface area contributed by atoms with Gasteiger partial charge in [-0.2, -0.15) is 0 Å². The molecule has 2 rings (SSSR count). The molecule has 1 heterocycles. The van der Waals surface area contributed by atoms with Gasteiger partial charge in [0.15, 0.2) is 0 Å². The van der Waals surface area contributed by atoms with E-state index >= 15 is 0 Å². The Morgan fingerprint density at radius 2 is 2.00 bits per heavy atom. The Bertz CT molecular complexity index is 580. The molecule has 0 radical (unpaired) electrons. The monoisotopic (exact) mass is 270 g/mol. The zero-order valence-corrected chi connectivity index (χ0v) is 9.75.